The summed E-state index contributed by atoms with van der Waals surface area (Å²) in [6.45, 7) is 4.83. The van der Waals surface area contributed by atoms with Crippen LogP contribution in [-0.2, 0) is 63.9 Å². The molecule has 80 heavy (non-hydrogen) atoms. The zero-order chi connectivity index (χ0) is 54.7. The van der Waals surface area contributed by atoms with Gasteiger partial charge in [-0.05, 0) is 87.3 Å². The second kappa shape index (κ2) is 31.1. The molecule has 0 saturated carbocycles. The smallest absolute Gasteiger partial charge is 0.726 e. The normalized spacial score (nSPS) is 16.2. The first-order chi connectivity index (χ1) is 38.6. The van der Waals surface area contributed by atoms with Crippen LogP contribution in [0, 0.1) is 6.92 Å². The first kappa shape index (κ1) is 60.6. The second-order valence-electron chi connectivity index (χ2n) is 18.5. The summed E-state index contributed by atoms with van der Waals surface area (Å²) in [5.41, 5.74) is 8.82. The predicted octanol–water partition coefficient (Wildman–Crippen LogP) is 4.83. The summed E-state index contributed by atoms with van der Waals surface area (Å²) in [5, 5.41) is 0. The number of esters is 1. The Morgan fingerprint density at radius 2 is 0.725 bits per heavy atom. The van der Waals surface area contributed by atoms with Crippen LogP contribution in [-0.4, -0.2) is 138 Å². The number of ether oxygens (including phenoxy) is 13. The quantitative estimate of drug-likeness (QED) is 0.0566. The average Bonchev–Trinajstić information content (AvgIpc) is 3.47. The van der Waals surface area contributed by atoms with E-state index in [0.717, 1.165) is 73.1 Å². The van der Waals surface area contributed by atoms with E-state index in [1.165, 1.54) is 12.1 Å². The number of carbonyl (C=O) groups is 1. The van der Waals surface area contributed by atoms with Gasteiger partial charge in [-0.3, -0.25) is 4.18 Å². The number of aryl methyl sites for hydroxylation is 1. The van der Waals surface area contributed by atoms with Crippen molar-refractivity contribution in [2.75, 3.05) is 119 Å². The molecule has 12 bridgehead atoms. The van der Waals surface area contributed by atoms with E-state index < -0.39 is 29.6 Å². The van der Waals surface area contributed by atoms with Gasteiger partial charge in [-0.15, -0.1) is 0 Å². The van der Waals surface area contributed by atoms with Crippen LogP contribution in [0.25, 0.3) is 0 Å². The number of para-hydroxylation sites is 4. The van der Waals surface area contributed by atoms with E-state index in [1.54, 1.807) is 6.07 Å². The van der Waals surface area contributed by atoms with Crippen molar-refractivity contribution in [2.24, 2.45) is 0 Å². The van der Waals surface area contributed by atoms with Crippen molar-refractivity contribution in [1.29, 1.82) is 0 Å². The Morgan fingerprint density at radius 1 is 0.412 bits per heavy atom. The van der Waals surface area contributed by atoms with E-state index in [9.17, 15) is 17.8 Å². The molecule has 0 N–H and O–H groups in total. The van der Waals surface area contributed by atoms with Crippen LogP contribution < -0.4 is 89.3 Å². The van der Waals surface area contributed by atoms with Gasteiger partial charge >= 0.3 is 57.4 Å². The Kier molecular flexibility index (Phi) is 23.6. The standard InChI is InChI=1S/C60H66O18S.K/c1-42-14-16-52-54(36-42)71-28-20-67-24-32-75-58-47-10-4-11-48(58)40-50-13-5-12-49-39-45-8-2-6-43(56(45)73-30-22-65-18-26-69-52)37-44-7-3-9-46(38-47)57(44)74-31-23-66-19-27-70-53-17-15-51(60(61)77-34-35-78-79(62,63)64)41-55(53)72-29-21-68-25-33-76-59(49)50;/h2-17,36,41H,18-35,37-40H2,1H3,(H,62,63,64);/q;+1/p-1. The number of rotatable bonds is 5. The Balaban J connectivity index is 0.00000841. The molecule has 6 aromatic carbocycles. The molecular formula is C60H65KO18S. The minimum atomic E-state index is -4.94. The summed E-state index contributed by atoms with van der Waals surface area (Å²) in [5.74, 6) is 3.99. The van der Waals surface area contributed by atoms with Crippen molar-refractivity contribution in [3.8, 4) is 46.0 Å². The minimum Gasteiger partial charge on any atom is -0.726 e. The van der Waals surface area contributed by atoms with Crippen molar-refractivity contribution in [3.05, 3.63) is 165 Å². The number of benzene rings is 6. The maximum atomic E-state index is 12.9. The van der Waals surface area contributed by atoms with Crippen molar-refractivity contribution >= 4 is 16.4 Å². The molecule has 0 radical (unpaired) electrons. The first-order valence-corrected chi connectivity index (χ1v) is 27.8. The molecule has 6 aromatic rings. The SMILES string of the molecule is Cc1ccc2c(c1)OCCOCCOc1c3cccc1Cc1cccc4c1OCCOCCOc1cc(C(=O)OCCOS(=O)(=O)[O-])ccc1OCCOCCOc1c(cccc1C3)Cc1cccc(c1OCCOCCO2)C4.[K+]. The Bertz CT molecular complexity index is 3100. The van der Waals surface area contributed by atoms with Crippen molar-refractivity contribution in [3.63, 3.8) is 0 Å². The van der Waals surface area contributed by atoms with Crippen LogP contribution in [0.2, 0.25) is 0 Å². The molecule has 0 fully saturated rings. The molecule has 20 heteroatoms. The number of carbonyl (C=O) groups excluding carboxylic acids is 1. The van der Waals surface area contributed by atoms with E-state index in [1.807, 2.05) is 25.1 Å². The van der Waals surface area contributed by atoms with E-state index in [2.05, 4.69) is 77.0 Å². The van der Waals surface area contributed by atoms with Crippen molar-refractivity contribution < 1.29 is 135 Å². The number of hydrogen-bond donors (Lipinski definition) is 0. The van der Waals surface area contributed by atoms with E-state index in [0.29, 0.717) is 82.6 Å². The third kappa shape index (κ3) is 17.8. The van der Waals surface area contributed by atoms with Gasteiger partial charge < -0.3 is 66.1 Å². The maximum absolute atomic E-state index is 12.9. The summed E-state index contributed by atoms with van der Waals surface area (Å²) in [4.78, 5) is 12.9. The Hall–Kier alpha value is -5.46. The monoisotopic (exact) mass is 1140 g/mol. The van der Waals surface area contributed by atoms with Crippen molar-refractivity contribution in [1.82, 2.24) is 0 Å². The van der Waals surface area contributed by atoms with Gasteiger partial charge in [0.05, 0.1) is 65.0 Å². The first-order valence-electron chi connectivity index (χ1n) is 26.4. The molecule has 0 saturated heterocycles. The van der Waals surface area contributed by atoms with Crippen LogP contribution in [0.3, 0.4) is 0 Å². The molecule has 4 heterocycles. The fourth-order valence-electron chi connectivity index (χ4n) is 9.36. The minimum absolute atomic E-state index is 0. The van der Waals surface area contributed by atoms with Gasteiger partial charge in [0, 0.05) is 25.7 Å². The number of hydrogen-bond acceptors (Lipinski definition) is 18. The van der Waals surface area contributed by atoms with Gasteiger partial charge in [-0.1, -0.05) is 78.9 Å². The second-order valence-corrected chi connectivity index (χ2v) is 19.6. The van der Waals surface area contributed by atoms with E-state index in [-0.39, 0.29) is 129 Å². The third-order valence-corrected chi connectivity index (χ3v) is 13.4. The van der Waals surface area contributed by atoms with E-state index in [4.69, 9.17) is 61.6 Å². The topological polar surface area (TPSA) is 203 Å². The molecule has 0 unspecified atom stereocenters. The largest absolute Gasteiger partial charge is 1.00 e. The number of fused-ring (bicyclic) bond motifs is 24. The van der Waals surface area contributed by atoms with Crippen LogP contribution in [0.15, 0.2) is 109 Å². The van der Waals surface area contributed by atoms with Gasteiger partial charge in [0.25, 0.3) is 0 Å². The maximum Gasteiger partial charge on any atom is 1.00 e. The van der Waals surface area contributed by atoms with Gasteiger partial charge in [0.2, 0.25) is 10.4 Å². The molecular weight excluding hydrogens is 1080 g/mol. The third-order valence-electron chi connectivity index (χ3n) is 12.9. The van der Waals surface area contributed by atoms with Crippen LogP contribution in [0.4, 0.5) is 0 Å². The van der Waals surface area contributed by atoms with Gasteiger partial charge in [0.15, 0.2) is 23.0 Å². The Labute approximate surface area is 509 Å². The summed E-state index contributed by atoms with van der Waals surface area (Å²) >= 11 is 0. The fourth-order valence-corrected chi connectivity index (χ4v) is 9.63. The molecule has 0 spiro atoms. The van der Waals surface area contributed by atoms with Crippen LogP contribution in [0.1, 0.15) is 60.4 Å². The zero-order valence-corrected chi connectivity index (χ0v) is 49.1. The molecule has 0 atom stereocenters. The molecule has 11 rings (SSSR count). The average molecular weight is 1150 g/mol. The predicted molar refractivity (Wildman–Crippen MR) is 288 cm³/mol. The van der Waals surface area contributed by atoms with Crippen LogP contribution in [0.5, 0.6) is 46.0 Å². The van der Waals surface area contributed by atoms with Gasteiger partial charge in [-0.2, -0.15) is 0 Å². The van der Waals surface area contributed by atoms with Gasteiger partial charge in [-0.25, -0.2) is 13.2 Å². The summed E-state index contributed by atoms with van der Waals surface area (Å²) in [6.07, 6.45) is 1.93. The molecule has 420 valence electrons. The van der Waals surface area contributed by atoms with Crippen LogP contribution >= 0.6 is 0 Å². The molecule has 1 aliphatic carbocycles. The zero-order valence-electron chi connectivity index (χ0n) is 45.2. The molecule has 5 aliphatic rings. The van der Waals surface area contributed by atoms with E-state index >= 15 is 0 Å². The fraction of sp³-hybridized carbons (Fsp3) is 0.383. The van der Waals surface area contributed by atoms with Gasteiger partial charge in [0.1, 0.15) is 82.5 Å². The Morgan fingerprint density at radius 3 is 1.07 bits per heavy atom. The molecule has 18 nitrogen and oxygen atoms in total. The summed E-state index contributed by atoms with van der Waals surface area (Å²) in [7, 11) is -4.94. The summed E-state index contributed by atoms with van der Waals surface area (Å²) < 4.78 is 118. The molecule has 0 aromatic heterocycles. The summed E-state index contributed by atoms with van der Waals surface area (Å²) in [6, 6.07) is 35.3. The molecule has 4 aliphatic heterocycles. The molecule has 0 amide bonds. The van der Waals surface area contributed by atoms with Crippen molar-refractivity contribution in [2.45, 2.75) is 32.6 Å².